The van der Waals surface area contributed by atoms with E-state index in [4.69, 9.17) is 4.74 Å². The topological polar surface area (TPSA) is 68.1 Å². The Bertz CT molecular complexity index is 658. The summed E-state index contributed by atoms with van der Waals surface area (Å²) in [4.78, 5) is 15.1. The Morgan fingerprint density at radius 1 is 1.33 bits per heavy atom. The van der Waals surface area contributed by atoms with Crippen LogP contribution in [0.25, 0.3) is 0 Å². The van der Waals surface area contributed by atoms with E-state index in [9.17, 15) is 0 Å². The number of piperidine rings is 1. The summed E-state index contributed by atoms with van der Waals surface area (Å²) in [7, 11) is 4.26. The highest BCUT2D eigenvalue weighted by Crippen LogP contribution is 2.34. The molecule has 0 radical (unpaired) electrons. The van der Waals surface area contributed by atoms with Crippen LogP contribution in [0, 0.1) is 5.92 Å². The highest BCUT2D eigenvalue weighted by molar-refractivity contribution is 5.37. The van der Waals surface area contributed by atoms with Gasteiger partial charge in [0.05, 0.1) is 24.7 Å². The molecule has 1 aliphatic heterocycles. The van der Waals surface area contributed by atoms with E-state index in [0.717, 1.165) is 18.9 Å². The van der Waals surface area contributed by atoms with Crippen LogP contribution in [0.2, 0.25) is 0 Å². The lowest BCUT2D eigenvalue weighted by Crippen LogP contribution is -2.39. The molecule has 2 aromatic rings. The third-order valence-electron chi connectivity index (χ3n) is 4.64. The molecule has 2 atom stereocenters. The zero-order chi connectivity index (χ0) is 16.9. The fraction of sp³-hybridized carbons (Fsp3) is 0.588. The maximum absolute atomic E-state index is 5.44. The number of ether oxygens (including phenoxy) is 1. The van der Waals surface area contributed by atoms with E-state index in [-0.39, 0.29) is 0 Å². The van der Waals surface area contributed by atoms with Crippen molar-refractivity contribution < 1.29 is 4.74 Å². The first-order valence-electron chi connectivity index (χ1n) is 8.54. The van der Waals surface area contributed by atoms with Crippen LogP contribution in [0.15, 0.2) is 24.9 Å². The van der Waals surface area contributed by atoms with E-state index in [1.165, 1.54) is 18.5 Å². The number of nitrogens with one attached hydrogen (secondary N) is 1. The molecule has 0 aliphatic carbocycles. The first-order valence-corrected chi connectivity index (χ1v) is 8.54. The number of rotatable bonds is 6. The summed E-state index contributed by atoms with van der Waals surface area (Å²) in [5.41, 5.74) is 1.27. The number of aromatic nitrogens is 4. The van der Waals surface area contributed by atoms with Crippen molar-refractivity contribution in [2.75, 3.05) is 32.1 Å². The van der Waals surface area contributed by atoms with Crippen molar-refractivity contribution in [1.29, 1.82) is 0 Å². The Morgan fingerprint density at radius 2 is 2.21 bits per heavy atom. The van der Waals surface area contributed by atoms with Gasteiger partial charge in [-0.15, -0.1) is 0 Å². The molecule has 1 fully saturated rings. The second-order valence-electron chi connectivity index (χ2n) is 6.31. The van der Waals surface area contributed by atoms with Crippen molar-refractivity contribution in [3.8, 4) is 5.88 Å². The first kappa shape index (κ1) is 16.7. The zero-order valence-corrected chi connectivity index (χ0v) is 14.6. The van der Waals surface area contributed by atoms with Crippen molar-refractivity contribution in [2.45, 2.75) is 25.8 Å². The van der Waals surface area contributed by atoms with Crippen LogP contribution in [0.5, 0.6) is 5.88 Å². The predicted molar refractivity (Wildman–Crippen MR) is 93.0 cm³/mol. The second kappa shape index (κ2) is 7.61. The minimum absolute atomic E-state index is 0.368. The second-order valence-corrected chi connectivity index (χ2v) is 6.31. The molecule has 0 amide bonds. The standard InChI is InChI=1S/C17H26N6O/c1-4-24-16-8-15(20-11-21-16)19-9-13-6-5-7-22(2)17(13)14-10-18-12-23(14)3/h8,10-13,17H,4-7,9H2,1-3H3,(H,19,20,21)/t13-,17+/m0/s1. The highest BCUT2D eigenvalue weighted by atomic mass is 16.5. The molecular formula is C17H26N6O. The average Bonchev–Trinajstić information content (AvgIpc) is 2.99. The summed E-state index contributed by atoms with van der Waals surface area (Å²) in [5.74, 6) is 1.93. The first-order chi connectivity index (χ1) is 11.7. The fourth-order valence-electron chi connectivity index (χ4n) is 3.49. The maximum Gasteiger partial charge on any atom is 0.218 e. The number of imidazole rings is 1. The summed E-state index contributed by atoms with van der Waals surface area (Å²) < 4.78 is 7.56. The minimum atomic E-state index is 0.368. The number of likely N-dealkylation sites (tertiary alicyclic amines) is 1. The van der Waals surface area contributed by atoms with E-state index in [2.05, 4.69) is 43.8 Å². The van der Waals surface area contributed by atoms with Crippen molar-refractivity contribution in [1.82, 2.24) is 24.4 Å². The van der Waals surface area contributed by atoms with Gasteiger partial charge >= 0.3 is 0 Å². The highest BCUT2D eigenvalue weighted by Gasteiger charge is 2.32. The number of aryl methyl sites for hydroxylation is 1. The third-order valence-corrected chi connectivity index (χ3v) is 4.64. The van der Waals surface area contributed by atoms with Crippen molar-refractivity contribution in [2.24, 2.45) is 13.0 Å². The summed E-state index contributed by atoms with van der Waals surface area (Å²) >= 11 is 0. The van der Waals surface area contributed by atoms with Crippen LogP contribution in [0.3, 0.4) is 0 Å². The lowest BCUT2D eigenvalue weighted by Gasteiger charge is -2.39. The molecule has 1 N–H and O–H groups in total. The molecule has 1 aliphatic rings. The van der Waals surface area contributed by atoms with Gasteiger partial charge in [-0.3, -0.25) is 4.90 Å². The zero-order valence-electron chi connectivity index (χ0n) is 14.6. The van der Waals surface area contributed by atoms with Crippen LogP contribution >= 0.6 is 0 Å². The lowest BCUT2D eigenvalue weighted by molar-refractivity contribution is 0.122. The molecule has 0 unspecified atom stereocenters. The van der Waals surface area contributed by atoms with Crippen LogP contribution < -0.4 is 10.1 Å². The van der Waals surface area contributed by atoms with Crippen LogP contribution in [-0.2, 0) is 7.05 Å². The number of nitrogens with zero attached hydrogens (tertiary/aromatic N) is 5. The van der Waals surface area contributed by atoms with Gasteiger partial charge in [0, 0.05) is 25.9 Å². The average molecular weight is 330 g/mol. The molecule has 3 rings (SSSR count). The molecule has 0 saturated carbocycles. The Kier molecular flexibility index (Phi) is 5.30. The monoisotopic (exact) mass is 330 g/mol. The van der Waals surface area contributed by atoms with E-state index in [0.29, 0.717) is 24.4 Å². The number of hydrogen-bond donors (Lipinski definition) is 1. The molecule has 7 nitrogen and oxygen atoms in total. The molecule has 0 bridgehead atoms. The molecule has 0 spiro atoms. The molecular weight excluding hydrogens is 304 g/mol. The van der Waals surface area contributed by atoms with Gasteiger partial charge in [0.25, 0.3) is 0 Å². The Hall–Kier alpha value is -2.15. The molecule has 130 valence electrons. The lowest BCUT2D eigenvalue weighted by atomic mass is 9.87. The molecule has 1 saturated heterocycles. The Labute approximate surface area is 143 Å². The smallest absolute Gasteiger partial charge is 0.218 e. The molecule has 0 aromatic carbocycles. The van der Waals surface area contributed by atoms with Crippen molar-refractivity contribution >= 4 is 5.82 Å². The van der Waals surface area contributed by atoms with E-state index >= 15 is 0 Å². The maximum atomic E-state index is 5.44. The van der Waals surface area contributed by atoms with E-state index in [1.54, 1.807) is 6.33 Å². The van der Waals surface area contributed by atoms with E-state index in [1.807, 2.05) is 25.5 Å². The van der Waals surface area contributed by atoms with Gasteiger partial charge in [-0.05, 0) is 39.3 Å². The van der Waals surface area contributed by atoms with Gasteiger partial charge in [0.1, 0.15) is 12.1 Å². The predicted octanol–water partition coefficient (Wildman–Crippen LogP) is 2.10. The van der Waals surface area contributed by atoms with Gasteiger partial charge in [0.15, 0.2) is 0 Å². The molecule has 3 heterocycles. The summed E-state index contributed by atoms with van der Waals surface area (Å²) in [6.45, 7) is 4.54. The summed E-state index contributed by atoms with van der Waals surface area (Å²) in [5, 5.41) is 3.46. The number of anilines is 1. The number of hydrogen-bond acceptors (Lipinski definition) is 6. The van der Waals surface area contributed by atoms with Gasteiger partial charge in [-0.1, -0.05) is 0 Å². The Morgan fingerprint density at radius 3 is 2.96 bits per heavy atom. The van der Waals surface area contributed by atoms with Crippen LogP contribution in [0.4, 0.5) is 5.82 Å². The summed E-state index contributed by atoms with van der Waals surface area (Å²) in [6.07, 6.45) is 7.80. The van der Waals surface area contributed by atoms with Gasteiger partial charge in [-0.25, -0.2) is 15.0 Å². The molecule has 2 aromatic heterocycles. The Balaban J connectivity index is 1.70. The van der Waals surface area contributed by atoms with Crippen molar-refractivity contribution in [3.05, 3.63) is 30.6 Å². The SMILES string of the molecule is CCOc1cc(NC[C@@H]2CCCN(C)[C@H]2c2cncn2C)ncn1. The van der Waals surface area contributed by atoms with Gasteiger partial charge in [-0.2, -0.15) is 0 Å². The van der Waals surface area contributed by atoms with Crippen LogP contribution in [0.1, 0.15) is 31.5 Å². The third kappa shape index (κ3) is 3.67. The fourth-order valence-corrected chi connectivity index (χ4v) is 3.49. The molecule has 24 heavy (non-hydrogen) atoms. The normalized spacial score (nSPS) is 21.6. The minimum Gasteiger partial charge on any atom is -0.478 e. The largest absolute Gasteiger partial charge is 0.478 e. The summed E-state index contributed by atoms with van der Waals surface area (Å²) in [6, 6.07) is 2.22. The van der Waals surface area contributed by atoms with Gasteiger partial charge in [0.2, 0.25) is 5.88 Å². The van der Waals surface area contributed by atoms with E-state index < -0.39 is 0 Å². The van der Waals surface area contributed by atoms with Crippen LogP contribution in [-0.4, -0.2) is 51.2 Å². The van der Waals surface area contributed by atoms with Gasteiger partial charge < -0.3 is 14.6 Å². The quantitative estimate of drug-likeness (QED) is 0.875. The molecule has 7 heteroatoms. The van der Waals surface area contributed by atoms with Crippen molar-refractivity contribution in [3.63, 3.8) is 0 Å².